The maximum Gasteiger partial charge on any atom is 0.271 e. The van der Waals surface area contributed by atoms with Crippen LogP contribution in [0.4, 0.5) is 5.69 Å². The molecule has 2 aromatic rings. The predicted molar refractivity (Wildman–Crippen MR) is 65.9 cm³/mol. The molecule has 0 aliphatic rings. The van der Waals surface area contributed by atoms with E-state index in [2.05, 4.69) is 4.98 Å². The maximum atomic E-state index is 11.1. The maximum absolute atomic E-state index is 11.1. The number of nitrogens with two attached hydrogens (primary N) is 1. The van der Waals surface area contributed by atoms with E-state index in [4.69, 9.17) is 11.1 Å². The smallest absolute Gasteiger partial charge is 0.271 e. The Balaban J connectivity index is 2.55. The number of nitro benzene ring substituents is 1. The van der Waals surface area contributed by atoms with Crippen LogP contribution in [0.2, 0.25) is 0 Å². The van der Waals surface area contributed by atoms with Crippen molar-refractivity contribution in [2.24, 2.45) is 5.73 Å². The molecule has 0 saturated carbocycles. The highest BCUT2D eigenvalue weighted by atomic mass is 16.6. The first-order valence-corrected chi connectivity index (χ1v) is 5.32. The Morgan fingerprint density at radius 1 is 1.40 bits per heavy atom. The summed E-state index contributed by atoms with van der Waals surface area (Å²) in [7, 11) is 0. The van der Waals surface area contributed by atoms with Gasteiger partial charge in [-0.1, -0.05) is 0 Å². The number of primary amides is 1. The highest BCUT2D eigenvalue weighted by Crippen LogP contribution is 2.19. The molecule has 1 amide bonds. The number of amides is 1. The summed E-state index contributed by atoms with van der Waals surface area (Å²) in [4.78, 5) is 25.0. The Labute approximate surface area is 111 Å². The largest absolute Gasteiger partial charge is 0.427 e. The van der Waals surface area contributed by atoms with E-state index >= 15 is 0 Å². The third-order valence-electron chi connectivity index (χ3n) is 2.54. The van der Waals surface area contributed by atoms with Crippen LogP contribution in [0.3, 0.4) is 0 Å². The molecule has 9 nitrogen and oxygen atoms in total. The molecule has 102 valence electrons. The van der Waals surface area contributed by atoms with Crippen LogP contribution in [0.25, 0.3) is 11.3 Å². The number of rotatable bonds is 3. The SMILES string of the molecule is N=c1c(C(N)=O)nc(-c2ccc([N+](=O)[O-])cc2)cn1O. The number of hydrogen-bond donors (Lipinski definition) is 3. The molecule has 0 saturated heterocycles. The summed E-state index contributed by atoms with van der Waals surface area (Å²) in [6.45, 7) is 0. The van der Waals surface area contributed by atoms with E-state index in [1.54, 1.807) is 0 Å². The molecule has 1 heterocycles. The van der Waals surface area contributed by atoms with Gasteiger partial charge in [0.2, 0.25) is 0 Å². The summed E-state index contributed by atoms with van der Waals surface area (Å²) in [5, 5.41) is 27.5. The number of hydrogen-bond acceptors (Lipinski definition) is 6. The number of carbonyl (C=O) groups excluding carboxylic acids is 1. The number of nitrogens with zero attached hydrogens (tertiary/aromatic N) is 3. The third-order valence-corrected chi connectivity index (χ3v) is 2.54. The van der Waals surface area contributed by atoms with Crippen molar-refractivity contribution in [3.8, 4) is 11.3 Å². The van der Waals surface area contributed by atoms with Crippen LogP contribution in [0, 0.1) is 15.5 Å². The first-order valence-electron chi connectivity index (χ1n) is 5.32. The van der Waals surface area contributed by atoms with E-state index in [0.717, 1.165) is 6.20 Å². The van der Waals surface area contributed by atoms with E-state index < -0.39 is 22.0 Å². The lowest BCUT2D eigenvalue weighted by atomic mass is 10.1. The van der Waals surface area contributed by atoms with E-state index in [9.17, 15) is 20.1 Å². The van der Waals surface area contributed by atoms with Gasteiger partial charge in [-0.3, -0.25) is 20.3 Å². The molecular weight excluding hydrogens is 266 g/mol. The first-order chi connectivity index (χ1) is 9.40. The predicted octanol–water partition coefficient (Wildman–Crippen LogP) is 0.274. The van der Waals surface area contributed by atoms with E-state index in [1.807, 2.05) is 0 Å². The van der Waals surface area contributed by atoms with Crippen LogP contribution in [-0.2, 0) is 0 Å². The van der Waals surface area contributed by atoms with Crippen molar-refractivity contribution in [3.63, 3.8) is 0 Å². The fourth-order valence-electron chi connectivity index (χ4n) is 1.56. The lowest BCUT2D eigenvalue weighted by Gasteiger charge is -2.06. The summed E-state index contributed by atoms with van der Waals surface area (Å²) in [6, 6.07) is 5.35. The van der Waals surface area contributed by atoms with Crippen molar-refractivity contribution in [1.29, 1.82) is 5.41 Å². The molecule has 0 spiro atoms. The summed E-state index contributed by atoms with van der Waals surface area (Å²) >= 11 is 0. The zero-order valence-corrected chi connectivity index (χ0v) is 9.98. The number of carbonyl (C=O) groups is 1. The third kappa shape index (κ3) is 2.32. The monoisotopic (exact) mass is 275 g/mol. The van der Waals surface area contributed by atoms with Gasteiger partial charge in [0.1, 0.15) is 0 Å². The van der Waals surface area contributed by atoms with Crippen molar-refractivity contribution < 1.29 is 14.9 Å². The minimum absolute atomic E-state index is 0.0992. The van der Waals surface area contributed by atoms with Gasteiger partial charge >= 0.3 is 0 Å². The summed E-state index contributed by atoms with van der Waals surface area (Å²) in [6.07, 6.45) is 1.11. The average molecular weight is 275 g/mol. The Hall–Kier alpha value is -3.23. The van der Waals surface area contributed by atoms with Gasteiger partial charge in [-0.15, -0.1) is 0 Å². The molecule has 20 heavy (non-hydrogen) atoms. The molecule has 0 bridgehead atoms. The Kier molecular flexibility index (Phi) is 3.17. The molecule has 0 aliphatic heterocycles. The van der Waals surface area contributed by atoms with Crippen molar-refractivity contribution in [3.05, 3.63) is 51.8 Å². The average Bonchev–Trinajstić information content (AvgIpc) is 2.41. The summed E-state index contributed by atoms with van der Waals surface area (Å²) < 4.78 is 0.407. The number of nitrogens with one attached hydrogen (secondary N) is 1. The number of aromatic nitrogens is 2. The van der Waals surface area contributed by atoms with Gasteiger partial charge in [-0.05, 0) is 12.1 Å². The number of benzene rings is 1. The molecule has 9 heteroatoms. The van der Waals surface area contributed by atoms with Crippen molar-refractivity contribution in [2.45, 2.75) is 0 Å². The van der Waals surface area contributed by atoms with E-state index in [1.165, 1.54) is 24.3 Å². The Morgan fingerprint density at radius 3 is 2.50 bits per heavy atom. The second-order valence-electron chi connectivity index (χ2n) is 3.84. The molecule has 0 radical (unpaired) electrons. The molecule has 0 atom stereocenters. The van der Waals surface area contributed by atoms with Crippen LogP contribution < -0.4 is 11.2 Å². The topological polar surface area (TPSA) is 148 Å². The zero-order valence-electron chi connectivity index (χ0n) is 9.98. The number of non-ortho nitro benzene ring substituents is 1. The minimum Gasteiger partial charge on any atom is -0.427 e. The van der Waals surface area contributed by atoms with Crippen LogP contribution in [-0.4, -0.2) is 25.8 Å². The van der Waals surface area contributed by atoms with Crippen LogP contribution in [0.5, 0.6) is 0 Å². The van der Waals surface area contributed by atoms with Crippen molar-refractivity contribution in [1.82, 2.24) is 9.71 Å². The zero-order chi connectivity index (χ0) is 14.9. The normalized spacial score (nSPS) is 10.2. The molecule has 0 aliphatic carbocycles. The van der Waals surface area contributed by atoms with Gasteiger partial charge in [-0.2, -0.15) is 4.73 Å². The van der Waals surface area contributed by atoms with Crippen LogP contribution >= 0.6 is 0 Å². The Morgan fingerprint density at radius 2 is 2.00 bits per heavy atom. The summed E-state index contributed by atoms with van der Waals surface area (Å²) in [5.74, 6) is -0.957. The van der Waals surface area contributed by atoms with Gasteiger partial charge in [0.15, 0.2) is 11.2 Å². The minimum atomic E-state index is -0.957. The second kappa shape index (κ2) is 4.80. The molecule has 1 aromatic carbocycles. The van der Waals surface area contributed by atoms with Gasteiger partial charge in [0.25, 0.3) is 11.6 Å². The van der Waals surface area contributed by atoms with Crippen LogP contribution in [0.1, 0.15) is 10.5 Å². The van der Waals surface area contributed by atoms with Crippen molar-refractivity contribution >= 4 is 11.6 Å². The first kappa shape index (κ1) is 13.2. The van der Waals surface area contributed by atoms with Crippen molar-refractivity contribution in [2.75, 3.05) is 0 Å². The fourth-order valence-corrected chi connectivity index (χ4v) is 1.56. The van der Waals surface area contributed by atoms with Gasteiger partial charge in [-0.25, -0.2) is 4.98 Å². The molecule has 0 fully saturated rings. The molecule has 0 unspecified atom stereocenters. The highest BCUT2D eigenvalue weighted by molar-refractivity contribution is 5.90. The van der Waals surface area contributed by atoms with Gasteiger partial charge in [0.05, 0.1) is 16.8 Å². The number of nitro groups is 1. The highest BCUT2D eigenvalue weighted by Gasteiger charge is 2.13. The van der Waals surface area contributed by atoms with Crippen LogP contribution in [0.15, 0.2) is 30.5 Å². The molecular formula is C11H9N5O4. The summed E-state index contributed by atoms with van der Waals surface area (Å²) in [5.41, 5.74) is 4.61. The quantitative estimate of drug-likeness (QED) is 0.417. The lowest BCUT2D eigenvalue weighted by molar-refractivity contribution is -0.384. The standard InChI is InChI=1S/C11H9N5O4/c12-10-9(11(13)17)14-8(5-15(10)18)6-1-3-7(4-2-6)16(19)20/h1-5,12,18H,(H2,13,17). The second-order valence-corrected chi connectivity index (χ2v) is 3.84. The van der Waals surface area contributed by atoms with Gasteiger partial charge < -0.3 is 10.9 Å². The molecule has 1 aromatic heterocycles. The molecule has 2 rings (SSSR count). The van der Waals surface area contributed by atoms with E-state index in [0.29, 0.717) is 10.3 Å². The Bertz CT molecular complexity index is 750. The fraction of sp³-hybridized carbons (Fsp3) is 0. The lowest BCUT2D eigenvalue weighted by Crippen LogP contribution is -2.30. The molecule has 4 N–H and O–H groups in total. The van der Waals surface area contributed by atoms with Gasteiger partial charge in [0, 0.05) is 17.7 Å². The van der Waals surface area contributed by atoms with E-state index in [-0.39, 0.29) is 11.4 Å².